The molecule has 144 valence electrons. The van der Waals surface area contributed by atoms with E-state index < -0.39 is 0 Å². The lowest BCUT2D eigenvalue weighted by Crippen LogP contribution is -2.47. The fraction of sp³-hybridized carbons (Fsp3) is 0.526. The van der Waals surface area contributed by atoms with Crippen molar-refractivity contribution in [2.45, 2.75) is 37.8 Å². The van der Waals surface area contributed by atoms with Crippen molar-refractivity contribution in [3.63, 3.8) is 0 Å². The van der Waals surface area contributed by atoms with Crippen LogP contribution in [0, 0.1) is 5.92 Å². The molecule has 2 bridgehead atoms. The number of hydrogen-bond donors (Lipinski definition) is 3. The predicted molar refractivity (Wildman–Crippen MR) is 101 cm³/mol. The second-order valence-corrected chi connectivity index (χ2v) is 7.33. The normalized spacial score (nSPS) is 24.0. The molecule has 3 heterocycles. The Kier molecular flexibility index (Phi) is 4.87. The maximum Gasteiger partial charge on any atom is 0.314 e. The molecule has 3 amide bonds. The lowest BCUT2D eigenvalue weighted by molar-refractivity contribution is -0.120. The predicted octanol–water partition coefficient (Wildman–Crippen LogP) is 1.62. The van der Waals surface area contributed by atoms with E-state index in [0.29, 0.717) is 24.5 Å². The van der Waals surface area contributed by atoms with Crippen LogP contribution in [0.1, 0.15) is 25.7 Å². The van der Waals surface area contributed by atoms with Crippen LogP contribution in [0.15, 0.2) is 28.7 Å². The van der Waals surface area contributed by atoms with E-state index in [1.54, 1.807) is 0 Å². The molecule has 2 fully saturated rings. The van der Waals surface area contributed by atoms with Gasteiger partial charge in [0.05, 0.1) is 6.54 Å². The minimum atomic E-state index is -0.352. The smallest absolute Gasteiger partial charge is 0.314 e. The van der Waals surface area contributed by atoms with E-state index in [2.05, 4.69) is 25.8 Å². The Hall–Kier alpha value is -2.77. The monoisotopic (exact) mass is 371 g/mol. The molecule has 2 saturated heterocycles. The van der Waals surface area contributed by atoms with Crippen molar-refractivity contribution in [3.05, 3.63) is 24.3 Å². The topological polar surface area (TPSA) is 99.5 Å². The first kappa shape index (κ1) is 17.6. The summed E-state index contributed by atoms with van der Waals surface area (Å²) in [5, 5.41) is 7.86. The Bertz CT molecular complexity index is 789. The number of nitrogens with zero attached hydrogens (tertiary/aromatic N) is 2. The van der Waals surface area contributed by atoms with Crippen LogP contribution in [0.4, 0.5) is 10.8 Å². The van der Waals surface area contributed by atoms with E-state index in [9.17, 15) is 9.59 Å². The van der Waals surface area contributed by atoms with Crippen LogP contribution in [0.25, 0.3) is 11.1 Å². The zero-order valence-electron chi connectivity index (χ0n) is 15.4. The average molecular weight is 371 g/mol. The molecule has 0 aliphatic carbocycles. The summed E-state index contributed by atoms with van der Waals surface area (Å²) >= 11 is 0. The van der Waals surface area contributed by atoms with Gasteiger partial charge in [-0.3, -0.25) is 4.79 Å². The van der Waals surface area contributed by atoms with E-state index in [1.807, 2.05) is 24.3 Å². The molecule has 0 radical (unpaired) electrons. The van der Waals surface area contributed by atoms with E-state index in [4.69, 9.17) is 4.42 Å². The number of urea groups is 1. The molecule has 1 aromatic carbocycles. The maximum atomic E-state index is 11.9. The van der Waals surface area contributed by atoms with Gasteiger partial charge in [-0.2, -0.15) is 4.98 Å². The summed E-state index contributed by atoms with van der Waals surface area (Å²) in [7, 11) is 1.52. The number of anilines is 1. The van der Waals surface area contributed by atoms with Crippen LogP contribution in [-0.2, 0) is 4.79 Å². The van der Waals surface area contributed by atoms with Crippen LogP contribution in [0.5, 0.6) is 0 Å². The standard InChI is InChI=1S/C19H25N5O3/c1-20-18(26)22-11-17(25)21-10-12-8-13-6-7-14(9-12)24(13)19-23-15-4-2-3-5-16(15)27-19/h2-5,12-14H,6-11H2,1H3,(H,21,25)(H2,20,22,26)/t12?,13-,14+. The molecule has 2 aliphatic heterocycles. The van der Waals surface area contributed by atoms with E-state index in [-0.39, 0.29) is 18.5 Å². The molecule has 1 aromatic heterocycles. The number of rotatable bonds is 5. The average Bonchev–Trinajstić information content (AvgIpc) is 3.22. The molecule has 8 nitrogen and oxygen atoms in total. The van der Waals surface area contributed by atoms with E-state index >= 15 is 0 Å². The molecule has 1 unspecified atom stereocenters. The van der Waals surface area contributed by atoms with Crippen LogP contribution < -0.4 is 20.9 Å². The quantitative estimate of drug-likeness (QED) is 0.742. The van der Waals surface area contributed by atoms with Crippen LogP contribution in [0.3, 0.4) is 0 Å². The fourth-order valence-electron chi connectivity index (χ4n) is 4.31. The van der Waals surface area contributed by atoms with Crippen LogP contribution in [0.2, 0.25) is 0 Å². The summed E-state index contributed by atoms with van der Waals surface area (Å²) in [6, 6.07) is 9.03. The van der Waals surface area contributed by atoms with Gasteiger partial charge in [-0.25, -0.2) is 4.79 Å². The Morgan fingerprint density at radius 3 is 2.63 bits per heavy atom. The summed E-state index contributed by atoms with van der Waals surface area (Å²) in [5.74, 6) is 0.277. The van der Waals surface area contributed by atoms with Gasteiger partial charge >= 0.3 is 6.03 Å². The maximum absolute atomic E-state index is 11.9. The summed E-state index contributed by atoms with van der Waals surface area (Å²) in [6.07, 6.45) is 4.29. The van der Waals surface area contributed by atoms with Gasteiger partial charge in [0.2, 0.25) is 5.91 Å². The van der Waals surface area contributed by atoms with Gasteiger partial charge in [0, 0.05) is 25.7 Å². The Morgan fingerprint density at radius 2 is 1.93 bits per heavy atom. The van der Waals surface area contributed by atoms with Gasteiger partial charge in [-0.1, -0.05) is 12.1 Å². The molecule has 3 N–H and O–H groups in total. The van der Waals surface area contributed by atoms with Gasteiger partial charge in [0.1, 0.15) is 5.52 Å². The highest BCUT2D eigenvalue weighted by molar-refractivity contribution is 5.83. The second kappa shape index (κ2) is 7.46. The third-order valence-corrected chi connectivity index (χ3v) is 5.56. The minimum absolute atomic E-state index is 0.00567. The molecular weight excluding hydrogens is 346 g/mol. The third-order valence-electron chi connectivity index (χ3n) is 5.56. The Balaban J connectivity index is 1.33. The van der Waals surface area contributed by atoms with Crippen molar-refractivity contribution >= 4 is 29.1 Å². The number of hydrogen-bond acceptors (Lipinski definition) is 5. The molecular formula is C19H25N5O3. The van der Waals surface area contributed by atoms with Crippen molar-refractivity contribution < 1.29 is 14.0 Å². The lowest BCUT2D eigenvalue weighted by atomic mass is 9.91. The number of carbonyl (C=O) groups excluding carboxylic acids is 2. The van der Waals surface area contributed by atoms with Gasteiger partial charge in [0.15, 0.2) is 5.58 Å². The number of nitrogens with one attached hydrogen (secondary N) is 3. The Morgan fingerprint density at radius 1 is 1.19 bits per heavy atom. The van der Waals surface area contributed by atoms with Crippen LogP contribution in [-0.4, -0.2) is 49.1 Å². The highest BCUT2D eigenvalue weighted by Gasteiger charge is 2.42. The van der Waals surface area contributed by atoms with Crippen molar-refractivity contribution in [2.24, 2.45) is 5.92 Å². The van der Waals surface area contributed by atoms with E-state index in [1.165, 1.54) is 7.05 Å². The van der Waals surface area contributed by atoms with Gasteiger partial charge in [0.25, 0.3) is 6.01 Å². The molecule has 8 heteroatoms. The summed E-state index contributed by atoms with van der Waals surface area (Å²) in [6.45, 7) is 0.636. The number of para-hydroxylation sites is 2. The number of benzene rings is 1. The summed E-state index contributed by atoms with van der Waals surface area (Å²) in [5.41, 5.74) is 1.72. The summed E-state index contributed by atoms with van der Waals surface area (Å²) in [4.78, 5) is 30.0. The number of carbonyl (C=O) groups is 2. The first-order chi connectivity index (χ1) is 13.1. The second-order valence-electron chi connectivity index (χ2n) is 7.33. The van der Waals surface area contributed by atoms with Crippen molar-refractivity contribution in [2.75, 3.05) is 25.0 Å². The zero-order valence-corrected chi connectivity index (χ0v) is 15.4. The molecule has 3 atom stereocenters. The third kappa shape index (κ3) is 3.70. The van der Waals surface area contributed by atoms with Crippen molar-refractivity contribution in [1.82, 2.24) is 20.9 Å². The van der Waals surface area contributed by atoms with Gasteiger partial charge in [-0.15, -0.1) is 0 Å². The van der Waals surface area contributed by atoms with Gasteiger partial charge < -0.3 is 25.3 Å². The molecule has 0 saturated carbocycles. The SMILES string of the molecule is CNC(=O)NCC(=O)NCC1C[C@H]2CC[C@@H](C1)N2c1nc2ccccc2o1. The largest absolute Gasteiger partial charge is 0.423 e. The number of oxazole rings is 1. The first-order valence-corrected chi connectivity index (χ1v) is 9.50. The number of fused-ring (bicyclic) bond motifs is 3. The highest BCUT2D eigenvalue weighted by atomic mass is 16.4. The molecule has 2 aromatic rings. The van der Waals surface area contributed by atoms with Crippen molar-refractivity contribution in [1.29, 1.82) is 0 Å². The number of amides is 3. The molecule has 2 aliphatic rings. The number of aromatic nitrogens is 1. The van der Waals surface area contributed by atoms with Crippen LogP contribution >= 0.6 is 0 Å². The van der Waals surface area contributed by atoms with E-state index in [0.717, 1.165) is 42.8 Å². The van der Waals surface area contributed by atoms with Crippen molar-refractivity contribution in [3.8, 4) is 0 Å². The first-order valence-electron chi connectivity index (χ1n) is 9.50. The summed E-state index contributed by atoms with van der Waals surface area (Å²) < 4.78 is 5.99. The van der Waals surface area contributed by atoms with Gasteiger partial charge in [-0.05, 0) is 43.7 Å². The minimum Gasteiger partial charge on any atom is -0.423 e. The molecule has 0 spiro atoms. The Labute approximate surface area is 157 Å². The molecule has 4 rings (SSSR count). The molecule has 27 heavy (non-hydrogen) atoms. The number of piperidine rings is 1. The lowest BCUT2D eigenvalue weighted by Gasteiger charge is -2.38. The highest BCUT2D eigenvalue weighted by Crippen LogP contribution is 2.41. The fourth-order valence-corrected chi connectivity index (χ4v) is 4.31. The zero-order chi connectivity index (χ0) is 18.8.